The molecule has 1 aromatic rings. The third-order valence-corrected chi connectivity index (χ3v) is 4.70. The molecule has 2 saturated heterocycles. The molecule has 0 unspecified atom stereocenters. The van der Waals surface area contributed by atoms with Gasteiger partial charge in [0, 0.05) is 18.2 Å². The molecule has 0 amide bonds. The van der Waals surface area contributed by atoms with E-state index in [0.29, 0.717) is 11.3 Å². The van der Waals surface area contributed by atoms with Gasteiger partial charge in [0.05, 0.1) is 5.69 Å². The van der Waals surface area contributed by atoms with Gasteiger partial charge in [0.1, 0.15) is 11.6 Å². The van der Waals surface area contributed by atoms with Crippen LogP contribution in [0.15, 0.2) is 12.1 Å². The molecule has 4 heteroatoms. The fraction of sp³-hybridized carbons (Fsp3) is 0.600. The number of nitrogens with one attached hydrogen (secondary N) is 1. The van der Waals surface area contributed by atoms with Crippen LogP contribution < -0.4 is 5.32 Å². The highest BCUT2D eigenvalue weighted by Crippen LogP contribution is 2.39. The standard InChI is InChI=1S/C15H21FN2O/c1-11-8-14(19)13(9-12(11)16)17-10-15-4-2-6-18(15)7-3-5-15/h8-9,17,19H,2-7,10H2,1H3. The molecular weight excluding hydrogens is 243 g/mol. The van der Waals surface area contributed by atoms with E-state index < -0.39 is 0 Å². The summed E-state index contributed by atoms with van der Waals surface area (Å²) < 4.78 is 13.6. The van der Waals surface area contributed by atoms with Crippen molar-refractivity contribution in [2.24, 2.45) is 0 Å². The Balaban J connectivity index is 1.74. The van der Waals surface area contributed by atoms with E-state index in [1.54, 1.807) is 6.92 Å². The molecule has 3 nitrogen and oxygen atoms in total. The number of nitrogens with zero attached hydrogens (tertiary/aromatic N) is 1. The maximum Gasteiger partial charge on any atom is 0.139 e. The number of halogens is 1. The second kappa shape index (κ2) is 4.67. The molecular formula is C15H21FN2O. The summed E-state index contributed by atoms with van der Waals surface area (Å²) in [6.45, 7) is 4.81. The first-order valence-corrected chi connectivity index (χ1v) is 7.09. The zero-order valence-electron chi connectivity index (χ0n) is 11.4. The Morgan fingerprint density at radius 2 is 2.00 bits per heavy atom. The average molecular weight is 264 g/mol. The van der Waals surface area contributed by atoms with Crippen LogP contribution >= 0.6 is 0 Å². The molecule has 0 atom stereocenters. The number of rotatable bonds is 3. The Morgan fingerprint density at radius 3 is 2.68 bits per heavy atom. The Labute approximate surface area is 113 Å². The number of hydrogen-bond acceptors (Lipinski definition) is 3. The van der Waals surface area contributed by atoms with Crippen molar-refractivity contribution in [3.8, 4) is 5.75 Å². The van der Waals surface area contributed by atoms with E-state index in [1.807, 2.05) is 0 Å². The molecule has 2 aliphatic rings. The lowest BCUT2D eigenvalue weighted by atomic mass is 9.94. The first kappa shape index (κ1) is 12.7. The predicted molar refractivity (Wildman–Crippen MR) is 74.1 cm³/mol. The van der Waals surface area contributed by atoms with Gasteiger partial charge in [-0.3, -0.25) is 4.90 Å². The van der Waals surface area contributed by atoms with E-state index in [1.165, 1.54) is 50.9 Å². The lowest BCUT2D eigenvalue weighted by Crippen LogP contribution is -2.44. The number of phenolic OH excluding ortho intramolecular Hbond substituents is 1. The number of fused-ring (bicyclic) bond motifs is 1. The fourth-order valence-electron chi connectivity index (χ4n) is 3.58. The minimum Gasteiger partial charge on any atom is -0.506 e. The van der Waals surface area contributed by atoms with Crippen LogP contribution in [0.4, 0.5) is 10.1 Å². The predicted octanol–water partition coefficient (Wildman–Crippen LogP) is 2.88. The number of phenols is 1. The second-order valence-electron chi connectivity index (χ2n) is 5.89. The van der Waals surface area contributed by atoms with Crippen LogP contribution in [0.25, 0.3) is 0 Å². The van der Waals surface area contributed by atoms with Crippen LogP contribution in [-0.4, -0.2) is 35.2 Å². The molecule has 2 aliphatic heterocycles. The molecule has 2 fully saturated rings. The van der Waals surface area contributed by atoms with E-state index in [2.05, 4.69) is 10.2 Å². The zero-order chi connectivity index (χ0) is 13.5. The van der Waals surface area contributed by atoms with Crippen molar-refractivity contribution >= 4 is 5.69 Å². The van der Waals surface area contributed by atoms with Crippen molar-refractivity contribution in [2.75, 3.05) is 25.0 Å². The van der Waals surface area contributed by atoms with E-state index in [0.717, 1.165) is 6.54 Å². The highest BCUT2D eigenvalue weighted by atomic mass is 19.1. The van der Waals surface area contributed by atoms with Gasteiger partial charge >= 0.3 is 0 Å². The topological polar surface area (TPSA) is 35.5 Å². The molecule has 19 heavy (non-hydrogen) atoms. The van der Waals surface area contributed by atoms with E-state index >= 15 is 0 Å². The molecule has 3 rings (SSSR count). The third-order valence-electron chi connectivity index (χ3n) is 4.70. The summed E-state index contributed by atoms with van der Waals surface area (Å²) >= 11 is 0. The number of aromatic hydroxyl groups is 1. The molecule has 104 valence electrons. The normalized spacial score (nSPS) is 21.6. The maximum absolute atomic E-state index is 13.6. The number of benzene rings is 1. The molecule has 0 radical (unpaired) electrons. The third kappa shape index (κ3) is 2.18. The van der Waals surface area contributed by atoms with Gasteiger partial charge in [0.15, 0.2) is 0 Å². The lowest BCUT2D eigenvalue weighted by Gasteiger charge is -2.32. The molecule has 0 spiro atoms. The van der Waals surface area contributed by atoms with Gasteiger partial charge in [-0.05, 0) is 57.3 Å². The van der Waals surface area contributed by atoms with Crippen LogP contribution in [-0.2, 0) is 0 Å². The van der Waals surface area contributed by atoms with Crippen molar-refractivity contribution in [1.29, 1.82) is 0 Å². The van der Waals surface area contributed by atoms with Gasteiger partial charge in [0.2, 0.25) is 0 Å². The molecule has 2 N–H and O–H groups in total. The Hall–Kier alpha value is -1.29. The highest BCUT2D eigenvalue weighted by Gasteiger charge is 2.43. The summed E-state index contributed by atoms with van der Waals surface area (Å²) in [5, 5.41) is 13.1. The first-order valence-electron chi connectivity index (χ1n) is 7.09. The fourth-order valence-corrected chi connectivity index (χ4v) is 3.58. The van der Waals surface area contributed by atoms with E-state index in [4.69, 9.17) is 0 Å². The molecule has 0 bridgehead atoms. The van der Waals surface area contributed by atoms with E-state index in [-0.39, 0.29) is 17.1 Å². The van der Waals surface area contributed by atoms with Crippen LogP contribution in [0.2, 0.25) is 0 Å². The van der Waals surface area contributed by atoms with Crippen LogP contribution in [0.1, 0.15) is 31.2 Å². The maximum atomic E-state index is 13.6. The average Bonchev–Trinajstić information content (AvgIpc) is 2.91. The van der Waals surface area contributed by atoms with Crippen molar-refractivity contribution in [3.63, 3.8) is 0 Å². The first-order chi connectivity index (χ1) is 9.11. The Morgan fingerprint density at radius 1 is 1.32 bits per heavy atom. The molecule has 0 saturated carbocycles. The summed E-state index contributed by atoms with van der Waals surface area (Å²) in [7, 11) is 0. The minimum atomic E-state index is -0.271. The highest BCUT2D eigenvalue weighted by molar-refractivity contribution is 5.57. The summed E-state index contributed by atoms with van der Waals surface area (Å²) in [5.41, 5.74) is 1.22. The number of aryl methyl sites for hydroxylation is 1. The zero-order valence-corrected chi connectivity index (χ0v) is 11.4. The van der Waals surface area contributed by atoms with Crippen LogP contribution in [0, 0.1) is 12.7 Å². The quantitative estimate of drug-likeness (QED) is 0.824. The van der Waals surface area contributed by atoms with Crippen molar-refractivity contribution in [1.82, 2.24) is 4.90 Å². The Bertz CT molecular complexity index is 479. The Kier molecular flexibility index (Phi) is 3.13. The molecule has 1 aromatic carbocycles. The lowest BCUT2D eigenvalue weighted by molar-refractivity contribution is 0.209. The van der Waals surface area contributed by atoms with Gasteiger partial charge in [-0.25, -0.2) is 4.39 Å². The largest absolute Gasteiger partial charge is 0.506 e. The summed E-state index contributed by atoms with van der Waals surface area (Å²) in [4.78, 5) is 2.54. The smallest absolute Gasteiger partial charge is 0.139 e. The van der Waals surface area contributed by atoms with Gasteiger partial charge in [-0.15, -0.1) is 0 Å². The molecule has 0 aliphatic carbocycles. The molecule has 0 aromatic heterocycles. The van der Waals surface area contributed by atoms with Gasteiger partial charge in [0.25, 0.3) is 0 Å². The minimum absolute atomic E-state index is 0.137. The SMILES string of the molecule is Cc1cc(O)c(NCC23CCCN2CCC3)cc1F. The van der Waals surface area contributed by atoms with Crippen molar-refractivity contribution in [2.45, 2.75) is 38.1 Å². The van der Waals surface area contributed by atoms with Crippen LogP contribution in [0.5, 0.6) is 5.75 Å². The van der Waals surface area contributed by atoms with Crippen molar-refractivity contribution in [3.05, 3.63) is 23.5 Å². The second-order valence-corrected chi connectivity index (χ2v) is 5.89. The van der Waals surface area contributed by atoms with E-state index in [9.17, 15) is 9.50 Å². The number of anilines is 1. The summed E-state index contributed by atoms with van der Waals surface area (Å²) in [6.07, 6.45) is 4.90. The summed E-state index contributed by atoms with van der Waals surface area (Å²) in [6, 6.07) is 2.88. The van der Waals surface area contributed by atoms with Gasteiger partial charge < -0.3 is 10.4 Å². The van der Waals surface area contributed by atoms with Gasteiger partial charge in [-0.1, -0.05) is 0 Å². The van der Waals surface area contributed by atoms with Crippen LogP contribution in [0.3, 0.4) is 0 Å². The monoisotopic (exact) mass is 264 g/mol. The van der Waals surface area contributed by atoms with Crippen molar-refractivity contribution < 1.29 is 9.50 Å². The van der Waals surface area contributed by atoms with Gasteiger partial charge in [-0.2, -0.15) is 0 Å². The summed E-state index contributed by atoms with van der Waals surface area (Å²) in [5.74, 6) is -0.134. The number of hydrogen-bond donors (Lipinski definition) is 2. The molecule has 2 heterocycles.